The molecule has 1 aromatic carbocycles. The first-order valence-electron chi connectivity index (χ1n) is 5.69. The number of hydrogen-bond donors (Lipinski definition) is 0. The standard InChI is InChI=1S/C13H14O5/c1-15-6-4-7-9(8(5-6)16-2)12-13(17-3)10(14)11(7)18-12/h4-5,11-13H,1-3H3/t11-,12+,13+/m1/s1. The van der Waals surface area contributed by atoms with Crippen molar-refractivity contribution in [2.45, 2.75) is 18.3 Å². The van der Waals surface area contributed by atoms with Crippen LogP contribution in [0.2, 0.25) is 0 Å². The fraction of sp³-hybridized carbons (Fsp3) is 0.462. The van der Waals surface area contributed by atoms with Crippen LogP contribution in [0.15, 0.2) is 12.1 Å². The Bertz CT molecular complexity index is 510. The van der Waals surface area contributed by atoms with Gasteiger partial charge in [0.05, 0.1) is 14.2 Å². The first kappa shape index (κ1) is 11.5. The summed E-state index contributed by atoms with van der Waals surface area (Å²) in [5, 5.41) is 0. The van der Waals surface area contributed by atoms with Crippen LogP contribution in [0.3, 0.4) is 0 Å². The Morgan fingerprint density at radius 1 is 1.17 bits per heavy atom. The maximum atomic E-state index is 12.0. The number of rotatable bonds is 3. The molecular formula is C13H14O5. The fourth-order valence-electron chi connectivity index (χ4n) is 2.70. The summed E-state index contributed by atoms with van der Waals surface area (Å²) >= 11 is 0. The Kier molecular flexibility index (Phi) is 2.53. The van der Waals surface area contributed by atoms with E-state index in [1.54, 1.807) is 20.3 Å². The van der Waals surface area contributed by atoms with Gasteiger partial charge in [-0.25, -0.2) is 0 Å². The van der Waals surface area contributed by atoms with Crippen molar-refractivity contribution in [2.24, 2.45) is 0 Å². The number of hydrogen-bond acceptors (Lipinski definition) is 5. The molecule has 1 fully saturated rings. The van der Waals surface area contributed by atoms with Crippen molar-refractivity contribution in [1.29, 1.82) is 0 Å². The highest BCUT2D eigenvalue weighted by molar-refractivity contribution is 5.94. The number of Topliss-reactive ketones (excluding diaryl/α,β-unsaturated/α-hetero) is 1. The van der Waals surface area contributed by atoms with Crippen molar-refractivity contribution in [3.05, 3.63) is 23.3 Å². The first-order valence-corrected chi connectivity index (χ1v) is 5.69. The van der Waals surface area contributed by atoms with Crippen LogP contribution in [-0.4, -0.2) is 33.2 Å². The Morgan fingerprint density at radius 2 is 1.94 bits per heavy atom. The molecule has 0 amide bonds. The molecule has 96 valence electrons. The lowest BCUT2D eigenvalue weighted by atomic mass is 9.88. The van der Waals surface area contributed by atoms with Gasteiger partial charge in [0.2, 0.25) is 0 Å². The van der Waals surface area contributed by atoms with E-state index in [-0.39, 0.29) is 11.9 Å². The molecule has 0 N–H and O–H groups in total. The molecule has 5 heteroatoms. The van der Waals surface area contributed by atoms with Gasteiger partial charge in [-0.3, -0.25) is 4.79 Å². The SMILES string of the molecule is COc1cc(OC)c2c(c1)[C@H]1O[C@@H]2[C@@H](OC)C1=O. The van der Waals surface area contributed by atoms with Crippen molar-refractivity contribution in [3.63, 3.8) is 0 Å². The quantitative estimate of drug-likeness (QED) is 0.812. The zero-order valence-corrected chi connectivity index (χ0v) is 10.4. The number of carbonyl (C=O) groups is 1. The second-order valence-corrected chi connectivity index (χ2v) is 4.33. The predicted molar refractivity (Wildman–Crippen MR) is 61.9 cm³/mol. The summed E-state index contributed by atoms with van der Waals surface area (Å²) in [5.74, 6) is 1.29. The van der Waals surface area contributed by atoms with Gasteiger partial charge in [-0.15, -0.1) is 0 Å². The third-order valence-corrected chi connectivity index (χ3v) is 3.52. The monoisotopic (exact) mass is 250 g/mol. The van der Waals surface area contributed by atoms with Crippen LogP contribution in [-0.2, 0) is 14.3 Å². The van der Waals surface area contributed by atoms with Crippen molar-refractivity contribution in [1.82, 2.24) is 0 Å². The molecule has 0 saturated carbocycles. The number of benzene rings is 1. The highest BCUT2D eigenvalue weighted by atomic mass is 16.6. The lowest BCUT2D eigenvalue weighted by molar-refractivity contribution is -0.128. The van der Waals surface area contributed by atoms with Crippen molar-refractivity contribution < 1.29 is 23.7 Å². The summed E-state index contributed by atoms with van der Waals surface area (Å²) in [4.78, 5) is 12.0. The van der Waals surface area contributed by atoms with E-state index < -0.39 is 12.2 Å². The van der Waals surface area contributed by atoms with E-state index in [0.29, 0.717) is 11.5 Å². The van der Waals surface area contributed by atoms with Gasteiger partial charge in [0.15, 0.2) is 5.78 Å². The Labute approximate surface area is 105 Å². The molecule has 18 heavy (non-hydrogen) atoms. The van der Waals surface area contributed by atoms with Crippen LogP contribution in [0.1, 0.15) is 23.3 Å². The molecule has 2 aliphatic rings. The van der Waals surface area contributed by atoms with Gasteiger partial charge in [-0.2, -0.15) is 0 Å². The summed E-state index contributed by atoms with van der Waals surface area (Å²) in [7, 11) is 4.68. The van der Waals surface area contributed by atoms with Crippen molar-refractivity contribution >= 4 is 5.78 Å². The molecule has 0 unspecified atom stereocenters. The summed E-state index contributed by atoms with van der Waals surface area (Å²) in [6, 6.07) is 3.62. The largest absolute Gasteiger partial charge is 0.497 e. The van der Waals surface area contributed by atoms with Gasteiger partial charge in [0, 0.05) is 24.3 Å². The lowest BCUT2D eigenvalue weighted by Crippen LogP contribution is -2.28. The van der Waals surface area contributed by atoms with Gasteiger partial charge >= 0.3 is 0 Å². The molecule has 0 aromatic heterocycles. The molecule has 2 aliphatic heterocycles. The van der Waals surface area contributed by atoms with Gasteiger partial charge in [-0.1, -0.05) is 0 Å². The van der Waals surface area contributed by atoms with Crippen molar-refractivity contribution in [3.8, 4) is 11.5 Å². The van der Waals surface area contributed by atoms with Crippen molar-refractivity contribution in [2.75, 3.05) is 21.3 Å². The molecule has 5 nitrogen and oxygen atoms in total. The van der Waals surface area contributed by atoms with E-state index in [9.17, 15) is 4.79 Å². The zero-order chi connectivity index (χ0) is 12.9. The molecule has 0 aliphatic carbocycles. The minimum absolute atomic E-state index is 0.0368. The van der Waals surface area contributed by atoms with Gasteiger partial charge in [0.1, 0.15) is 29.8 Å². The van der Waals surface area contributed by atoms with Gasteiger partial charge < -0.3 is 18.9 Å². The molecular weight excluding hydrogens is 236 g/mol. The summed E-state index contributed by atoms with van der Waals surface area (Å²) < 4.78 is 21.5. The highest BCUT2D eigenvalue weighted by Crippen LogP contribution is 2.53. The van der Waals surface area contributed by atoms with Crippen LogP contribution in [0, 0.1) is 0 Å². The summed E-state index contributed by atoms with van der Waals surface area (Å²) in [6.07, 6.45) is -1.47. The summed E-state index contributed by atoms with van der Waals surface area (Å²) in [6.45, 7) is 0. The molecule has 1 saturated heterocycles. The minimum Gasteiger partial charge on any atom is -0.497 e. The number of methoxy groups -OCH3 is 3. The zero-order valence-electron chi connectivity index (χ0n) is 10.4. The van der Waals surface area contributed by atoms with E-state index in [1.165, 1.54) is 7.11 Å². The normalized spacial score (nSPS) is 28.4. The van der Waals surface area contributed by atoms with Crippen LogP contribution in [0.25, 0.3) is 0 Å². The third kappa shape index (κ3) is 1.31. The maximum absolute atomic E-state index is 12.0. The number of ketones is 1. The number of fused-ring (bicyclic) bond motifs is 5. The first-order chi connectivity index (χ1) is 8.71. The molecule has 0 radical (unpaired) electrons. The van der Waals surface area contributed by atoms with Crippen LogP contribution < -0.4 is 9.47 Å². The second-order valence-electron chi connectivity index (χ2n) is 4.33. The van der Waals surface area contributed by atoms with Gasteiger partial charge in [0.25, 0.3) is 0 Å². The van der Waals surface area contributed by atoms with E-state index in [4.69, 9.17) is 18.9 Å². The lowest BCUT2D eigenvalue weighted by Gasteiger charge is -2.21. The maximum Gasteiger partial charge on any atom is 0.197 e. The average molecular weight is 250 g/mol. The topological polar surface area (TPSA) is 54.0 Å². The molecule has 2 bridgehead atoms. The fourth-order valence-corrected chi connectivity index (χ4v) is 2.70. The van der Waals surface area contributed by atoms with E-state index in [2.05, 4.69) is 0 Å². The molecule has 3 rings (SSSR count). The third-order valence-electron chi connectivity index (χ3n) is 3.52. The van der Waals surface area contributed by atoms with Crippen LogP contribution in [0.5, 0.6) is 11.5 Å². The van der Waals surface area contributed by atoms with Gasteiger partial charge in [-0.05, 0) is 6.07 Å². The minimum atomic E-state index is -0.557. The Morgan fingerprint density at radius 3 is 2.56 bits per heavy atom. The van der Waals surface area contributed by atoms with E-state index >= 15 is 0 Å². The predicted octanol–water partition coefficient (Wildman–Crippen LogP) is 1.41. The molecule has 1 aromatic rings. The molecule has 3 atom stereocenters. The van der Waals surface area contributed by atoms with E-state index in [0.717, 1.165) is 11.1 Å². The van der Waals surface area contributed by atoms with Crippen LogP contribution >= 0.6 is 0 Å². The second kappa shape index (κ2) is 3.96. The molecule has 0 spiro atoms. The number of carbonyl (C=O) groups excluding carboxylic acids is 1. The number of ether oxygens (including phenoxy) is 4. The Hall–Kier alpha value is -1.59. The van der Waals surface area contributed by atoms with Crippen LogP contribution in [0.4, 0.5) is 0 Å². The summed E-state index contributed by atoms with van der Waals surface area (Å²) in [5.41, 5.74) is 1.73. The highest BCUT2D eigenvalue weighted by Gasteiger charge is 2.53. The smallest absolute Gasteiger partial charge is 0.197 e. The molecule has 2 heterocycles. The Balaban J connectivity index is 2.16. The van der Waals surface area contributed by atoms with E-state index in [1.807, 2.05) is 6.07 Å². The average Bonchev–Trinajstić information content (AvgIpc) is 2.92.